The second-order valence-electron chi connectivity index (χ2n) is 9.66. The molecule has 2 aliphatic heterocycles. The normalized spacial score (nSPS) is 25.3. The molecule has 2 aromatic heterocycles. The molecule has 0 spiro atoms. The summed E-state index contributed by atoms with van der Waals surface area (Å²) in [4.78, 5) is 43.8. The molecule has 194 valence electrons. The summed E-state index contributed by atoms with van der Waals surface area (Å²) in [6.07, 6.45) is 3.60. The molecule has 4 atom stereocenters. The van der Waals surface area contributed by atoms with Crippen LogP contribution < -0.4 is 11.2 Å². The zero-order chi connectivity index (χ0) is 25.3. The lowest BCUT2D eigenvalue weighted by molar-refractivity contribution is -0.203. The van der Waals surface area contributed by atoms with E-state index in [0.29, 0.717) is 18.7 Å². The van der Waals surface area contributed by atoms with Gasteiger partial charge in [0.1, 0.15) is 12.2 Å². The van der Waals surface area contributed by atoms with Gasteiger partial charge in [0.05, 0.1) is 13.4 Å². The van der Waals surface area contributed by atoms with Crippen LogP contribution in [0.25, 0.3) is 11.2 Å². The third kappa shape index (κ3) is 4.68. The lowest BCUT2D eigenvalue weighted by atomic mass is 10.1. The lowest BCUT2D eigenvalue weighted by Crippen LogP contribution is -2.41. The first-order valence-corrected chi connectivity index (χ1v) is 12.5. The first-order valence-electron chi connectivity index (χ1n) is 12.5. The van der Waals surface area contributed by atoms with Gasteiger partial charge < -0.3 is 18.9 Å². The monoisotopic (exact) mass is 492 g/mol. The SMILES string of the molecule is CCCCCn1c(=O)c2c(ncn2[C@@H]2O[C@H](C(=O)OC)[C@H]3OC(C)(C)O[C@H]32)n(CCCCC)c1=O. The van der Waals surface area contributed by atoms with Gasteiger partial charge in [-0.15, -0.1) is 0 Å². The Morgan fingerprint density at radius 3 is 2.29 bits per heavy atom. The molecule has 0 unspecified atom stereocenters. The number of rotatable bonds is 10. The highest BCUT2D eigenvalue weighted by molar-refractivity contribution is 5.76. The van der Waals surface area contributed by atoms with Crippen LogP contribution in [0.5, 0.6) is 0 Å². The van der Waals surface area contributed by atoms with Crippen molar-refractivity contribution >= 4 is 17.1 Å². The lowest BCUT2D eigenvalue weighted by Gasteiger charge is -2.24. The zero-order valence-corrected chi connectivity index (χ0v) is 21.2. The van der Waals surface area contributed by atoms with E-state index in [0.717, 1.165) is 38.5 Å². The molecule has 2 aliphatic rings. The Morgan fingerprint density at radius 1 is 1.03 bits per heavy atom. The molecule has 4 heterocycles. The Balaban J connectivity index is 1.83. The fourth-order valence-corrected chi connectivity index (χ4v) is 4.94. The number of carbonyl (C=O) groups excluding carboxylic acids is 1. The number of aromatic nitrogens is 4. The number of fused-ring (bicyclic) bond motifs is 2. The van der Waals surface area contributed by atoms with Crippen molar-refractivity contribution in [2.75, 3.05) is 7.11 Å². The predicted molar refractivity (Wildman–Crippen MR) is 127 cm³/mol. The third-order valence-corrected chi connectivity index (χ3v) is 6.65. The summed E-state index contributed by atoms with van der Waals surface area (Å²) < 4.78 is 27.5. The molecule has 11 nitrogen and oxygen atoms in total. The minimum atomic E-state index is -1.02. The molecule has 0 radical (unpaired) electrons. The molecule has 0 amide bonds. The van der Waals surface area contributed by atoms with Gasteiger partial charge in [0.2, 0.25) is 0 Å². The van der Waals surface area contributed by atoms with Gasteiger partial charge >= 0.3 is 11.7 Å². The topological polar surface area (TPSA) is 116 Å². The molecule has 0 bridgehead atoms. The van der Waals surface area contributed by atoms with Gasteiger partial charge in [0, 0.05) is 13.1 Å². The van der Waals surface area contributed by atoms with Crippen molar-refractivity contribution in [1.29, 1.82) is 0 Å². The Bertz CT molecular complexity index is 1180. The van der Waals surface area contributed by atoms with Crippen LogP contribution in [0.1, 0.15) is 72.4 Å². The summed E-state index contributed by atoms with van der Waals surface area (Å²) in [5, 5.41) is 0. The summed E-state index contributed by atoms with van der Waals surface area (Å²) in [6.45, 7) is 8.47. The molecule has 2 aromatic rings. The van der Waals surface area contributed by atoms with E-state index in [-0.39, 0.29) is 11.2 Å². The molecule has 11 heteroatoms. The van der Waals surface area contributed by atoms with Crippen molar-refractivity contribution in [3.63, 3.8) is 0 Å². The van der Waals surface area contributed by atoms with E-state index < -0.39 is 41.9 Å². The maximum atomic E-state index is 13.6. The van der Waals surface area contributed by atoms with E-state index in [9.17, 15) is 14.4 Å². The fraction of sp³-hybridized carbons (Fsp3) is 0.750. The second kappa shape index (κ2) is 10.2. The number of carbonyl (C=O) groups is 1. The highest BCUT2D eigenvalue weighted by Crippen LogP contribution is 2.43. The summed E-state index contributed by atoms with van der Waals surface area (Å²) >= 11 is 0. The van der Waals surface area contributed by atoms with Crippen molar-refractivity contribution in [2.24, 2.45) is 0 Å². The van der Waals surface area contributed by atoms with Crippen molar-refractivity contribution in [1.82, 2.24) is 18.7 Å². The Kier molecular flexibility index (Phi) is 7.48. The van der Waals surface area contributed by atoms with Crippen molar-refractivity contribution in [3.8, 4) is 0 Å². The number of aryl methyl sites for hydroxylation is 1. The molecule has 0 aliphatic carbocycles. The Labute approximate surface area is 203 Å². The molecule has 0 aromatic carbocycles. The van der Waals surface area contributed by atoms with Gasteiger partial charge in [-0.1, -0.05) is 39.5 Å². The molecule has 4 rings (SSSR count). The Hall–Kier alpha value is -2.50. The minimum absolute atomic E-state index is 0.250. The number of ether oxygens (including phenoxy) is 4. The number of esters is 1. The number of hydrogen-bond donors (Lipinski definition) is 0. The molecule has 35 heavy (non-hydrogen) atoms. The number of nitrogens with zero attached hydrogens (tertiary/aromatic N) is 4. The van der Waals surface area contributed by atoms with Crippen LogP contribution in [0.2, 0.25) is 0 Å². The van der Waals surface area contributed by atoms with Gasteiger partial charge in [-0.05, 0) is 26.7 Å². The van der Waals surface area contributed by atoms with E-state index in [1.54, 1.807) is 23.0 Å². The van der Waals surface area contributed by atoms with Crippen LogP contribution in [0.15, 0.2) is 15.9 Å². The highest BCUT2D eigenvalue weighted by Gasteiger charge is 2.58. The van der Waals surface area contributed by atoms with Crippen molar-refractivity contribution in [2.45, 2.75) is 110 Å². The standard InChI is InChI=1S/C24H36N4O7/c1-6-8-10-12-26-19-15(20(29)27(23(26)31)13-11-9-7-2)28(14-25-19)21-17-16(34-24(3,4)35-17)18(33-21)22(30)32-5/h14,16-18,21H,6-13H2,1-5H3/t16-,17+,18-,21+/m0/s1. The molecular formula is C24H36N4O7. The summed E-state index contributed by atoms with van der Waals surface area (Å²) in [5.74, 6) is -1.52. The number of hydrogen-bond acceptors (Lipinski definition) is 8. The van der Waals surface area contributed by atoms with Gasteiger partial charge in [-0.3, -0.25) is 18.5 Å². The Morgan fingerprint density at radius 2 is 1.66 bits per heavy atom. The quantitative estimate of drug-likeness (QED) is 0.367. The average Bonchev–Trinajstić information content (AvgIpc) is 3.48. The fourth-order valence-electron chi connectivity index (χ4n) is 4.94. The van der Waals surface area contributed by atoms with Gasteiger partial charge in [0.15, 0.2) is 29.3 Å². The van der Waals surface area contributed by atoms with Crippen LogP contribution in [0, 0.1) is 0 Å². The third-order valence-electron chi connectivity index (χ3n) is 6.65. The minimum Gasteiger partial charge on any atom is -0.467 e. The smallest absolute Gasteiger partial charge is 0.337 e. The van der Waals surface area contributed by atoms with E-state index in [4.69, 9.17) is 18.9 Å². The van der Waals surface area contributed by atoms with E-state index >= 15 is 0 Å². The summed E-state index contributed by atoms with van der Waals surface area (Å²) in [7, 11) is 1.28. The summed E-state index contributed by atoms with van der Waals surface area (Å²) in [6, 6.07) is 0. The summed E-state index contributed by atoms with van der Waals surface area (Å²) in [5.41, 5.74) is -0.216. The van der Waals surface area contributed by atoms with E-state index in [1.165, 1.54) is 18.0 Å². The van der Waals surface area contributed by atoms with E-state index in [1.807, 2.05) is 0 Å². The first kappa shape index (κ1) is 25.6. The van der Waals surface area contributed by atoms with Crippen molar-refractivity contribution < 1.29 is 23.7 Å². The van der Waals surface area contributed by atoms with Crippen molar-refractivity contribution in [3.05, 3.63) is 27.2 Å². The van der Waals surface area contributed by atoms with Gasteiger partial charge in [-0.25, -0.2) is 14.6 Å². The maximum Gasteiger partial charge on any atom is 0.337 e. The van der Waals surface area contributed by atoms with Crippen LogP contribution >= 0.6 is 0 Å². The average molecular weight is 493 g/mol. The zero-order valence-electron chi connectivity index (χ0n) is 21.2. The van der Waals surface area contributed by atoms with Crippen LogP contribution in [0.3, 0.4) is 0 Å². The number of unbranched alkanes of at least 4 members (excludes halogenated alkanes) is 4. The first-order chi connectivity index (χ1) is 16.7. The largest absolute Gasteiger partial charge is 0.467 e. The second-order valence-corrected chi connectivity index (χ2v) is 9.66. The number of methoxy groups -OCH3 is 1. The van der Waals surface area contributed by atoms with Crippen LogP contribution in [-0.4, -0.2) is 55.9 Å². The predicted octanol–water partition coefficient (Wildman–Crippen LogP) is 2.33. The molecule has 2 saturated heterocycles. The molecule has 2 fully saturated rings. The van der Waals surface area contributed by atoms with Crippen LogP contribution in [0.4, 0.5) is 0 Å². The van der Waals surface area contributed by atoms with Gasteiger partial charge in [0.25, 0.3) is 5.56 Å². The molecular weight excluding hydrogens is 456 g/mol. The van der Waals surface area contributed by atoms with E-state index in [2.05, 4.69) is 18.8 Å². The molecule has 0 saturated carbocycles. The van der Waals surface area contributed by atoms with Crippen LogP contribution in [-0.2, 0) is 36.8 Å². The number of imidazole rings is 1. The molecule has 0 N–H and O–H groups in total. The van der Waals surface area contributed by atoms with Gasteiger partial charge in [-0.2, -0.15) is 0 Å². The maximum absolute atomic E-state index is 13.6. The highest BCUT2D eigenvalue weighted by atomic mass is 16.8.